The van der Waals surface area contributed by atoms with Crippen LogP contribution in [0.15, 0.2) is 11.4 Å². The van der Waals surface area contributed by atoms with E-state index in [0.717, 1.165) is 24.2 Å². The van der Waals surface area contributed by atoms with E-state index >= 15 is 0 Å². The summed E-state index contributed by atoms with van der Waals surface area (Å²) in [4.78, 5) is 6.64. The molecule has 3 rings (SSSR count). The molecule has 2 aliphatic rings. The van der Waals surface area contributed by atoms with Gasteiger partial charge < -0.3 is 5.73 Å². The number of likely N-dealkylation sites (N-methyl/N-ethyl adjacent to an activating group) is 1. The van der Waals surface area contributed by atoms with Crippen LogP contribution in [-0.2, 0) is 6.54 Å². The molecular formula is C16H23N3S. The SMILES string of the molecule is CN1C2CCC1CN(Cc1cc(C#CCN)cs1)CC2. The van der Waals surface area contributed by atoms with E-state index < -0.39 is 0 Å². The highest BCUT2D eigenvalue weighted by Crippen LogP contribution is 2.29. The summed E-state index contributed by atoms with van der Waals surface area (Å²) in [6.07, 6.45) is 4.08. The van der Waals surface area contributed by atoms with Crippen LogP contribution >= 0.6 is 11.3 Å². The van der Waals surface area contributed by atoms with E-state index in [1.807, 2.05) is 11.3 Å². The summed E-state index contributed by atoms with van der Waals surface area (Å²) in [5.74, 6) is 6.04. The number of fused-ring (bicyclic) bond motifs is 2. The summed E-state index contributed by atoms with van der Waals surface area (Å²) in [6, 6.07) is 3.80. The number of hydrogen-bond acceptors (Lipinski definition) is 4. The average molecular weight is 289 g/mol. The van der Waals surface area contributed by atoms with Gasteiger partial charge in [-0.3, -0.25) is 9.80 Å². The van der Waals surface area contributed by atoms with Gasteiger partial charge in [-0.25, -0.2) is 0 Å². The van der Waals surface area contributed by atoms with Crippen LogP contribution in [0.3, 0.4) is 0 Å². The molecule has 108 valence electrons. The quantitative estimate of drug-likeness (QED) is 0.842. The Kier molecular flexibility index (Phi) is 4.42. The van der Waals surface area contributed by atoms with Crippen LogP contribution in [0.4, 0.5) is 0 Å². The second kappa shape index (κ2) is 6.28. The van der Waals surface area contributed by atoms with Crippen LogP contribution in [0.5, 0.6) is 0 Å². The minimum atomic E-state index is 0.437. The van der Waals surface area contributed by atoms with Gasteiger partial charge in [0.25, 0.3) is 0 Å². The van der Waals surface area contributed by atoms with Gasteiger partial charge in [-0.1, -0.05) is 11.8 Å². The van der Waals surface area contributed by atoms with Crippen molar-refractivity contribution in [2.24, 2.45) is 5.73 Å². The lowest BCUT2D eigenvalue weighted by Crippen LogP contribution is -2.36. The van der Waals surface area contributed by atoms with E-state index in [4.69, 9.17) is 5.73 Å². The molecule has 0 radical (unpaired) electrons. The van der Waals surface area contributed by atoms with Gasteiger partial charge in [0.05, 0.1) is 6.54 Å². The van der Waals surface area contributed by atoms with Gasteiger partial charge in [0.2, 0.25) is 0 Å². The fourth-order valence-corrected chi connectivity index (χ4v) is 4.28. The number of thiophene rings is 1. The highest BCUT2D eigenvalue weighted by molar-refractivity contribution is 7.10. The molecule has 3 nitrogen and oxygen atoms in total. The van der Waals surface area contributed by atoms with Gasteiger partial charge in [-0.2, -0.15) is 0 Å². The Morgan fingerprint density at radius 2 is 2.20 bits per heavy atom. The highest BCUT2D eigenvalue weighted by atomic mass is 32.1. The fourth-order valence-electron chi connectivity index (χ4n) is 3.43. The summed E-state index contributed by atoms with van der Waals surface area (Å²) in [6.45, 7) is 3.96. The van der Waals surface area contributed by atoms with Crippen LogP contribution in [-0.4, -0.2) is 48.6 Å². The van der Waals surface area contributed by atoms with Crippen LogP contribution in [0.1, 0.15) is 29.7 Å². The molecule has 1 aromatic heterocycles. The van der Waals surface area contributed by atoms with Crippen molar-refractivity contribution in [3.8, 4) is 11.8 Å². The first kappa shape index (κ1) is 14.1. The Bertz CT molecular complexity index is 513. The van der Waals surface area contributed by atoms with Gasteiger partial charge in [0.1, 0.15) is 0 Å². The molecule has 0 amide bonds. The summed E-state index contributed by atoms with van der Waals surface area (Å²) in [5, 5.41) is 2.15. The van der Waals surface area contributed by atoms with Gasteiger partial charge in [0, 0.05) is 47.5 Å². The zero-order valence-electron chi connectivity index (χ0n) is 12.1. The smallest absolute Gasteiger partial charge is 0.0555 e. The van der Waals surface area contributed by atoms with E-state index in [0.29, 0.717) is 6.54 Å². The number of nitrogens with two attached hydrogens (primary N) is 1. The second-order valence-electron chi connectivity index (χ2n) is 5.88. The number of hydrogen-bond donors (Lipinski definition) is 1. The summed E-state index contributed by atoms with van der Waals surface area (Å²) in [7, 11) is 2.30. The van der Waals surface area contributed by atoms with E-state index in [1.165, 1.54) is 37.2 Å². The summed E-state index contributed by atoms with van der Waals surface area (Å²) < 4.78 is 0. The standard InChI is InChI=1S/C16H23N3S/c1-18-14-4-5-15(18)10-19(8-6-14)11-16-9-13(12-20-16)3-2-7-17/h9,12,14-15H,4-8,10-11,17H2,1H3. The lowest BCUT2D eigenvalue weighted by molar-refractivity contribution is 0.215. The van der Waals surface area contributed by atoms with Gasteiger partial charge in [0.15, 0.2) is 0 Å². The van der Waals surface area contributed by atoms with Crippen molar-refractivity contribution in [3.05, 3.63) is 21.9 Å². The zero-order valence-corrected chi connectivity index (χ0v) is 13.0. The minimum Gasteiger partial charge on any atom is -0.320 e. The molecular weight excluding hydrogens is 266 g/mol. The largest absolute Gasteiger partial charge is 0.320 e. The first-order valence-corrected chi connectivity index (χ1v) is 8.35. The van der Waals surface area contributed by atoms with E-state index in [-0.39, 0.29) is 0 Å². The molecule has 3 heterocycles. The third-order valence-electron chi connectivity index (χ3n) is 4.60. The highest BCUT2D eigenvalue weighted by Gasteiger charge is 2.34. The molecule has 2 saturated heterocycles. The predicted octanol–water partition coefficient (Wildman–Crippen LogP) is 1.73. The second-order valence-corrected chi connectivity index (χ2v) is 6.88. The number of rotatable bonds is 2. The normalized spacial score (nSPS) is 27.1. The lowest BCUT2D eigenvalue weighted by atomic mass is 10.1. The van der Waals surface area contributed by atoms with Crippen LogP contribution in [0.25, 0.3) is 0 Å². The van der Waals surface area contributed by atoms with Crippen molar-refractivity contribution in [2.75, 3.05) is 26.7 Å². The van der Waals surface area contributed by atoms with E-state index in [9.17, 15) is 0 Å². The molecule has 2 aliphatic heterocycles. The van der Waals surface area contributed by atoms with Crippen molar-refractivity contribution in [2.45, 2.75) is 37.9 Å². The van der Waals surface area contributed by atoms with Crippen molar-refractivity contribution < 1.29 is 0 Å². The molecule has 0 saturated carbocycles. The molecule has 2 unspecified atom stereocenters. The van der Waals surface area contributed by atoms with E-state index in [1.54, 1.807) is 0 Å². The fraction of sp³-hybridized carbons (Fsp3) is 0.625. The van der Waals surface area contributed by atoms with Crippen molar-refractivity contribution in [1.82, 2.24) is 9.80 Å². The molecule has 0 spiro atoms. The molecule has 0 aromatic carbocycles. The molecule has 2 bridgehead atoms. The first-order valence-electron chi connectivity index (χ1n) is 7.47. The number of nitrogens with zero attached hydrogens (tertiary/aromatic N) is 2. The van der Waals surface area contributed by atoms with Gasteiger partial charge in [-0.05, 0) is 32.4 Å². The maximum absolute atomic E-state index is 5.41. The third kappa shape index (κ3) is 3.07. The van der Waals surface area contributed by atoms with Crippen LogP contribution in [0, 0.1) is 11.8 Å². The molecule has 4 heteroatoms. The Morgan fingerprint density at radius 3 is 3.05 bits per heavy atom. The molecule has 2 atom stereocenters. The average Bonchev–Trinajstić information content (AvgIpc) is 2.96. The molecule has 0 aliphatic carbocycles. The molecule has 2 N–H and O–H groups in total. The zero-order chi connectivity index (χ0) is 13.9. The Labute approximate surface area is 125 Å². The maximum Gasteiger partial charge on any atom is 0.0555 e. The predicted molar refractivity (Wildman–Crippen MR) is 84.7 cm³/mol. The van der Waals surface area contributed by atoms with Crippen molar-refractivity contribution in [1.29, 1.82) is 0 Å². The topological polar surface area (TPSA) is 32.5 Å². The molecule has 1 aromatic rings. The monoisotopic (exact) mass is 289 g/mol. The van der Waals surface area contributed by atoms with Crippen molar-refractivity contribution >= 4 is 11.3 Å². The maximum atomic E-state index is 5.41. The molecule has 20 heavy (non-hydrogen) atoms. The van der Waals surface area contributed by atoms with Crippen LogP contribution in [0.2, 0.25) is 0 Å². The Balaban J connectivity index is 1.62. The summed E-state index contributed by atoms with van der Waals surface area (Å²) in [5.41, 5.74) is 6.53. The Hall–Kier alpha value is -0.860. The minimum absolute atomic E-state index is 0.437. The first-order chi connectivity index (χ1) is 9.76. The lowest BCUT2D eigenvalue weighted by Gasteiger charge is -2.25. The third-order valence-corrected chi connectivity index (χ3v) is 5.52. The van der Waals surface area contributed by atoms with Crippen LogP contribution < -0.4 is 5.73 Å². The Morgan fingerprint density at radius 1 is 1.35 bits per heavy atom. The van der Waals surface area contributed by atoms with E-state index in [2.05, 4.69) is 40.1 Å². The van der Waals surface area contributed by atoms with Gasteiger partial charge in [-0.15, -0.1) is 11.3 Å². The summed E-state index contributed by atoms with van der Waals surface area (Å²) >= 11 is 1.82. The van der Waals surface area contributed by atoms with Gasteiger partial charge >= 0.3 is 0 Å². The van der Waals surface area contributed by atoms with Crippen molar-refractivity contribution in [3.63, 3.8) is 0 Å². The molecule has 2 fully saturated rings. The number of likely N-dealkylation sites (tertiary alicyclic amines) is 1.